The lowest BCUT2D eigenvalue weighted by molar-refractivity contribution is 0.448. The molecule has 0 atom stereocenters. The number of hydrogen-bond donors (Lipinski definition) is 2. The average molecular weight is 309 g/mol. The topological polar surface area (TPSA) is 80.6 Å². The van der Waals surface area contributed by atoms with Crippen molar-refractivity contribution in [3.8, 4) is 0 Å². The van der Waals surface area contributed by atoms with Gasteiger partial charge in [-0.15, -0.1) is 10.2 Å². The second-order valence-corrected chi connectivity index (χ2v) is 7.53. The Kier molecular flexibility index (Phi) is 5.67. The summed E-state index contributed by atoms with van der Waals surface area (Å²) >= 11 is 1.81. The van der Waals surface area contributed by atoms with E-state index in [2.05, 4.69) is 14.8 Å². The Bertz CT molecular complexity index is 480. The van der Waals surface area contributed by atoms with Crippen molar-refractivity contribution >= 4 is 17.6 Å². The van der Waals surface area contributed by atoms with E-state index in [9.17, 15) is 0 Å². The quantitative estimate of drug-likeness (QED) is 0.351. The lowest BCUT2D eigenvalue weighted by atomic mass is 9.86. The number of rotatable bonds is 7. The van der Waals surface area contributed by atoms with Crippen LogP contribution < -0.4 is 5.73 Å². The zero-order valence-electron chi connectivity index (χ0n) is 13.2. The molecule has 6 heteroatoms. The van der Waals surface area contributed by atoms with E-state index in [-0.39, 0.29) is 11.3 Å². The molecule has 0 radical (unpaired) electrons. The second-order valence-electron chi connectivity index (χ2n) is 6.46. The van der Waals surface area contributed by atoms with Gasteiger partial charge in [0.2, 0.25) is 0 Å². The van der Waals surface area contributed by atoms with E-state index in [0.29, 0.717) is 0 Å². The van der Waals surface area contributed by atoms with Crippen molar-refractivity contribution in [1.82, 2.24) is 14.8 Å². The highest BCUT2D eigenvalue weighted by Crippen LogP contribution is 2.26. The Balaban J connectivity index is 1.74. The maximum absolute atomic E-state index is 7.57. The minimum Gasteiger partial charge on any atom is -0.387 e. The second kappa shape index (κ2) is 7.29. The van der Waals surface area contributed by atoms with E-state index >= 15 is 0 Å². The molecule has 0 aliphatic carbocycles. The molecule has 0 fully saturated rings. The van der Waals surface area contributed by atoms with Gasteiger partial charge in [0.1, 0.15) is 5.82 Å². The molecule has 0 bridgehead atoms. The summed E-state index contributed by atoms with van der Waals surface area (Å²) in [6, 6.07) is 0. The zero-order valence-corrected chi connectivity index (χ0v) is 14.0. The normalized spacial score (nSPS) is 15.5. The van der Waals surface area contributed by atoms with Crippen LogP contribution in [0.25, 0.3) is 0 Å². The molecule has 0 spiro atoms. The Morgan fingerprint density at radius 1 is 1.29 bits per heavy atom. The van der Waals surface area contributed by atoms with Gasteiger partial charge in [-0.2, -0.15) is 0 Å². The standard InChI is InChI=1S/C15H27N5S/c1-15(2,13(16)17)9-5-7-11-21-14-19-18-12-8-4-3-6-10-20(12)14/h3-11H2,1-2H3,(H3,16,17). The van der Waals surface area contributed by atoms with E-state index in [1.54, 1.807) is 0 Å². The van der Waals surface area contributed by atoms with Gasteiger partial charge in [-0.05, 0) is 25.7 Å². The van der Waals surface area contributed by atoms with Crippen molar-refractivity contribution in [2.24, 2.45) is 11.1 Å². The number of amidine groups is 1. The van der Waals surface area contributed by atoms with Crippen molar-refractivity contribution in [2.75, 3.05) is 5.75 Å². The Hall–Kier alpha value is -1.04. The lowest BCUT2D eigenvalue weighted by Gasteiger charge is -2.22. The molecule has 1 aliphatic rings. The zero-order chi connectivity index (χ0) is 15.3. The van der Waals surface area contributed by atoms with Crippen LogP contribution in [-0.4, -0.2) is 26.4 Å². The minimum absolute atomic E-state index is 0.170. The van der Waals surface area contributed by atoms with E-state index in [0.717, 1.165) is 49.0 Å². The van der Waals surface area contributed by atoms with Gasteiger partial charge in [-0.3, -0.25) is 5.41 Å². The Morgan fingerprint density at radius 2 is 2.10 bits per heavy atom. The monoisotopic (exact) mass is 309 g/mol. The van der Waals surface area contributed by atoms with Gasteiger partial charge in [0.15, 0.2) is 5.16 Å². The number of nitrogens with zero attached hydrogens (tertiary/aromatic N) is 3. The summed E-state index contributed by atoms with van der Waals surface area (Å²) in [4.78, 5) is 0. The molecule has 2 heterocycles. The smallest absolute Gasteiger partial charge is 0.191 e. The molecule has 1 aliphatic heterocycles. The molecule has 118 valence electrons. The largest absolute Gasteiger partial charge is 0.387 e. The van der Waals surface area contributed by atoms with E-state index < -0.39 is 0 Å². The van der Waals surface area contributed by atoms with Crippen molar-refractivity contribution in [1.29, 1.82) is 5.41 Å². The lowest BCUT2D eigenvalue weighted by Crippen LogP contribution is -2.30. The molecule has 5 nitrogen and oxygen atoms in total. The number of nitrogens with one attached hydrogen (secondary N) is 1. The van der Waals surface area contributed by atoms with Gasteiger partial charge in [-0.1, -0.05) is 38.5 Å². The van der Waals surface area contributed by atoms with Crippen LogP contribution in [0, 0.1) is 10.8 Å². The number of nitrogens with two attached hydrogens (primary N) is 1. The van der Waals surface area contributed by atoms with Gasteiger partial charge in [0.05, 0.1) is 5.84 Å². The highest BCUT2D eigenvalue weighted by atomic mass is 32.2. The first-order chi connectivity index (χ1) is 10.0. The van der Waals surface area contributed by atoms with E-state index in [1.165, 1.54) is 19.3 Å². The van der Waals surface area contributed by atoms with Crippen LogP contribution in [0.3, 0.4) is 0 Å². The number of fused-ring (bicyclic) bond motifs is 1. The third-order valence-electron chi connectivity index (χ3n) is 4.23. The first kappa shape index (κ1) is 16.3. The fourth-order valence-electron chi connectivity index (χ4n) is 2.53. The van der Waals surface area contributed by atoms with Gasteiger partial charge in [0.25, 0.3) is 0 Å². The van der Waals surface area contributed by atoms with E-state index in [4.69, 9.17) is 11.1 Å². The average Bonchev–Trinajstić information content (AvgIpc) is 2.67. The number of aromatic nitrogens is 3. The molecular weight excluding hydrogens is 282 g/mol. The third kappa shape index (κ3) is 4.46. The van der Waals surface area contributed by atoms with Gasteiger partial charge in [-0.25, -0.2) is 0 Å². The molecular formula is C15H27N5S. The van der Waals surface area contributed by atoms with Crippen LogP contribution in [0.2, 0.25) is 0 Å². The highest BCUT2D eigenvalue weighted by molar-refractivity contribution is 7.99. The first-order valence-electron chi connectivity index (χ1n) is 7.90. The molecule has 0 saturated heterocycles. The van der Waals surface area contributed by atoms with Crippen molar-refractivity contribution in [3.63, 3.8) is 0 Å². The number of hydrogen-bond acceptors (Lipinski definition) is 4. The van der Waals surface area contributed by atoms with Crippen LogP contribution in [0.5, 0.6) is 0 Å². The molecule has 0 amide bonds. The number of unbranched alkanes of at least 4 members (excludes halogenated alkanes) is 1. The summed E-state index contributed by atoms with van der Waals surface area (Å²) in [6.45, 7) is 5.16. The summed E-state index contributed by atoms with van der Waals surface area (Å²) in [6.07, 6.45) is 8.05. The summed E-state index contributed by atoms with van der Waals surface area (Å²) in [7, 11) is 0. The van der Waals surface area contributed by atoms with Crippen molar-refractivity contribution < 1.29 is 0 Å². The maximum atomic E-state index is 7.57. The fraction of sp³-hybridized carbons (Fsp3) is 0.800. The molecule has 0 saturated carbocycles. The Labute approximate surface area is 131 Å². The molecule has 1 aromatic heterocycles. The highest BCUT2D eigenvalue weighted by Gasteiger charge is 2.20. The minimum atomic E-state index is -0.170. The summed E-state index contributed by atoms with van der Waals surface area (Å²) < 4.78 is 2.30. The predicted molar refractivity (Wildman–Crippen MR) is 87.8 cm³/mol. The van der Waals surface area contributed by atoms with Gasteiger partial charge in [0, 0.05) is 24.1 Å². The SMILES string of the molecule is CC(C)(CCCCSc1nnc2n1CCCCC2)C(=N)N. The fourth-order valence-corrected chi connectivity index (χ4v) is 3.51. The van der Waals surface area contributed by atoms with Gasteiger partial charge >= 0.3 is 0 Å². The van der Waals surface area contributed by atoms with Crippen LogP contribution in [0.1, 0.15) is 58.2 Å². The first-order valence-corrected chi connectivity index (χ1v) is 8.88. The van der Waals surface area contributed by atoms with Crippen LogP contribution in [-0.2, 0) is 13.0 Å². The number of aryl methyl sites for hydroxylation is 1. The van der Waals surface area contributed by atoms with Crippen molar-refractivity contribution in [3.05, 3.63) is 5.82 Å². The van der Waals surface area contributed by atoms with Crippen LogP contribution in [0.15, 0.2) is 5.16 Å². The molecule has 0 aromatic carbocycles. The van der Waals surface area contributed by atoms with Gasteiger partial charge < -0.3 is 10.3 Å². The molecule has 0 unspecified atom stereocenters. The molecule has 2 rings (SSSR count). The van der Waals surface area contributed by atoms with Crippen LogP contribution in [0.4, 0.5) is 0 Å². The summed E-state index contributed by atoms with van der Waals surface area (Å²) in [5.41, 5.74) is 5.44. The predicted octanol–water partition coefficient (Wildman–Crippen LogP) is 3.23. The molecule has 1 aromatic rings. The third-order valence-corrected chi connectivity index (χ3v) is 5.28. The number of thioether (sulfide) groups is 1. The van der Waals surface area contributed by atoms with E-state index in [1.807, 2.05) is 25.6 Å². The summed E-state index contributed by atoms with van der Waals surface area (Å²) in [5.74, 6) is 2.51. The van der Waals surface area contributed by atoms with Crippen molar-refractivity contribution in [2.45, 2.75) is 70.5 Å². The molecule has 21 heavy (non-hydrogen) atoms. The Morgan fingerprint density at radius 3 is 2.86 bits per heavy atom. The summed E-state index contributed by atoms with van der Waals surface area (Å²) in [5, 5.41) is 17.3. The van der Waals surface area contributed by atoms with Crippen LogP contribution >= 0.6 is 11.8 Å². The molecule has 3 N–H and O–H groups in total. The maximum Gasteiger partial charge on any atom is 0.191 e.